The summed E-state index contributed by atoms with van der Waals surface area (Å²) in [4.78, 5) is 26.5. The summed E-state index contributed by atoms with van der Waals surface area (Å²) in [6, 6.07) is 12.3. The van der Waals surface area contributed by atoms with Crippen LogP contribution in [-0.4, -0.2) is 40.1 Å². The van der Waals surface area contributed by atoms with Crippen molar-refractivity contribution in [2.24, 2.45) is 0 Å². The summed E-state index contributed by atoms with van der Waals surface area (Å²) in [6.45, 7) is 3.76. The molecule has 0 saturated heterocycles. The number of carbonyl (C=O) groups is 2. The van der Waals surface area contributed by atoms with Crippen LogP contribution in [0.1, 0.15) is 16.8 Å². The van der Waals surface area contributed by atoms with Crippen molar-refractivity contribution in [2.45, 2.75) is 6.42 Å². The van der Waals surface area contributed by atoms with E-state index in [9.17, 15) is 9.59 Å². The first-order valence-electron chi connectivity index (χ1n) is 8.87. The highest BCUT2D eigenvalue weighted by molar-refractivity contribution is 5.97. The topological polar surface area (TPSA) is 91.9 Å². The van der Waals surface area contributed by atoms with Gasteiger partial charge in [0, 0.05) is 37.2 Å². The zero-order chi connectivity index (χ0) is 21.4. The summed E-state index contributed by atoms with van der Waals surface area (Å²) >= 11 is 0. The van der Waals surface area contributed by atoms with E-state index in [1.807, 2.05) is 43.3 Å². The Morgan fingerprint density at radius 1 is 1.00 bits per heavy atom. The van der Waals surface area contributed by atoms with Crippen molar-refractivity contribution in [1.82, 2.24) is 10.9 Å². The molecule has 8 nitrogen and oxygen atoms in total. The molecule has 0 aliphatic rings. The van der Waals surface area contributed by atoms with Gasteiger partial charge in [0.05, 0.1) is 26.2 Å². The first-order valence-corrected chi connectivity index (χ1v) is 8.87. The number of benzene rings is 2. The van der Waals surface area contributed by atoms with Gasteiger partial charge >= 0.3 is 0 Å². The molecule has 0 saturated carbocycles. The maximum atomic E-state index is 12.4. The fraction of sp³-hybridized carbons (Fsp3) is 0.238. The van der Waals surface area contributed by atoms with Gasteiger partial charge in [-0.3, -0.25) is 15.0 Å². The number of amides is 2. The van der Waals surface area contributed by atoms with E-state index >= 15 is 0 Å². The molecule has 0 bridgehead atoms. The van der Waals surface area contributed by atoms with Crippen molar-refractivity contribution < 1.29 is 19.1 Å². The van der Waals surface area contributed by atoms with E-state index in [0.717, 1.165) is 5.69 Å². The van der Waals surface area contributed by atoms with Gasteiger partial charge in [0.15, 0.2) is 0 Å². The summed E-state index contributed by atoms with van der Waals surface area (Å²) in [5.74, 6) is 0.265. The minimum Gasteiger partial charge on any atom is -0.497 e. The molecular formula is C21H26N4O4. The summed E-state index contributed by atoms with van der Waals surface area (Å²) < 4.78 is 10.3. The van der Waals surface area contributed by atoms with Crippen LogP contribution in [0.2, 0.25) is 0 Å². The number of anilines is 2. The molecule has 2 rings (SSSR count). The predicted molar refractivity (Wildman–Crippen MR) is 113 cm³/mol. The molecule has 2 aromatic carbocycles. The second-order valence-electron chi connectivity index (χ2n) is 6.42. The van der Waals surface area contributed by atoms with Crippen LogP contribution >= 0.6 is 0 Å². The van der Waals surface area contributed by atoms with Crippen molar-refractivity contribution in [3.8, 4) is 11.5 Å². The Bertz CT molecular complexity index is 879. The van der Waals surface area contributed by atoms with Crippen LogP contribution in [0.4, 0.5) is 11.4 Å². The quantitative estimate of drug-likeness (QED) is 0.563. The molecule has 0 aliphatic heterocycles. The molecule has 154 valence electrons. The lowest BCUT2D eigenvalue weighted by molar-refractivity contribution is -0.115. The van der Waals surface area contributed by atoms with Crippen molar-refractivity contribution >= 4 is 23.2 Å². The lowest BCUT2D eigenvalue weighted by Crippen LogP contribution is -2.37. The Hall–Kier alpha value is -3.68. The normalized spacial score (nSPS) is 9.93. The Kier molecular flexibility index (Phi) is 7.47. The maximum absolute atomic E-state index is 12.4. The summed E-state index contributed by atoms with van der Waals surface area (Å²) in [7, 11) is 6.88. The van der Waals surface area contributed by atoms with E-state index in [-0.39, 0.29) is 12.3 Å². The number of hydrazine groups is 1. The maximum Gasteiger partial charge on any atom is 0.273 e. The van der Waals surface area contributed by atoms with Crippen LogP contribution in [-0.2, 0) is 4.79 Å². The Morgan fingerprint density at radius 3 is 2.28 bits per heavy atom. The molecule has 0 fully saturated rings. The smallest absolute Gasteiger partial charge is 0.273 e. The van der Waals surface area contributed by atoms with Gasteiger partial charge in [-0.15, -0.1) is 0 Å². The molecule has 0 radical (unpaired) electrons. The first-order chi connectivity index (χ1) is 13.8. The number of hydrogen-bond acceptors (Lipinski definition) is 6. The van der Waals surface area contributed by atoms with Gasteiger partial charge in [0.1, 0.15) is 11.5 Å². The lowest BCUT2D eigenvalue weighted by Gasteiger charge is -2.14. The number of nitrogens with one attached hydrogen (secondary N) is 3. The van der Waals surface area contributed by atoms with Crippen LogP contribution in [0.25, 0.3) is 0 Å². The minimum atomic E-state index is -0.426. The van der Waals surface area contributed by atoms with Gasteiger partial charge < -0.3 is 25.1 Å². The van der Waals surface area contributed by atoms with Crippen LogP contribution in [0.3, 0.4) is 0 Å². The van der Waals surface area contributed by atoms with Crippen LogP contribution < -0.4 is 30.5 Å². The van der Waals surface area contributed by atoms with E-state index in [4.69, 9.17) is 9.47 Å². The van der Waals surface area contributed by atoms with Gasteiger partial charge in [0.25, 0.3) is 5.91 Å². The summed E-state index contributed by atoms with van der Waals surface area (Å²) in [6.07, 6.45) is -0.00450. The Labute approximate surface area is 170 Å². The van der Waals surface area contributed by atoms with E-state index < -0.39 is 5.91 Å². The van der Waals surface area contributed by atoms with Crippen LogP contribution in [0, 0.1) is 0 Å². The highest BCUT2D eigenvalue weighted by atomic mass is 16.5. The van der Waals surface area contributed by atoms with Crippen molar-refractivity contribution in [2.75, 3.05) is 38.5 Å². The second kappa shape index (κ2) is 10.0. The number of ether oxygens (including phenoxy) is 2. The number of hydrogen-bond donors (Lipinski definition) is 3. The van der Waals surface area contributed by atoms with Gasteiger partial charge in [0.2, 0.25) is 5.91 Å². The highest BCUT2D eigenvalue weighted by Gasteiger charge is 2.14. The SMILES string of the molecule is C=C(CC(=O)Nc1ccc(N(C)C)cc1)NNC(=O)c1ccc(OC)cc1OC. The molecule has 0 aliphatic carbocycles. The number of rotatable bonds is 9. The van der Waals surface area contributed by atoms with E-state index in [0.29, 0.717) is 28.4 Å². The predicted octanol–water partition coefficient (Wildman–Crippen LogP) is 2.55. The lowest BCUT2D eigenvalue weighted by atomic mass is 10.2. The first kappa shape index (κ1) is 21.6. The highest BCUT2D eigenvalue weighted by Crippen LogP contribution is 2.24. The number of methoxy groups -OCH3 is 2. The Balaban J connectivity index is 1.86. The molecule has 0 heterocycles. The summed E-state index contributed by atoms with van der Waals surface area (Å²) in [5, 5.41) is 2.78. The molecule has 0 atom stereocenters. The fourth-order valence-electron chi connectivity index (χ4n) is 2.48. The second-order valence-corrected chi connectivity index (χ2v) is 6.42. The molecule has 8 heteroatoms. The summed E-state index contributed by atoms with van der Waals surface area (Å²) in [5.41, 5.74) is 7.53. The van der Waals surface area contributed by atoms with Gasteiger partial charge in [-0.25, -0.2) is 0 Å². The van der Waals surface area contributed by atoms with Crippen molar-refractivity contribution in [3.63, 3.8) is 0 Å². The van der Waals surface area contributed by atoms with Gasteiger partial charge in [-0.1, -0.05) is 6.58 Å². The van der Waals surface area contributed by atoms with Gasteiger partial charge in [-0.05, 0) is 36.4 Å². The number of nitrogens with zero attached hydrogens (tertiary/aromatic N) is 1. The van der Waals surface area contributed by atoms with Gasteiger partial charge in [-0.2, -0.15) is 0 Å². The minimum absolute atomic E-state index is 0.00450. The third-order valence-electron chi connectivity index (χ3n) is 4.05. The largest absolute Gasteiger partial charge is 0.497 e. The average Bonchev–Trinajstić information content (AvgIpc) is 2.71. The van der Waals surface area contributed by atoms with Crippen LogP contribution in [0.5, 0.6) is 11.5 Å². The van der Waals surface area contributed by atoms with E-state index in [1.54, 1.807) is 18.2 Å². The van der Waals surface area contributed by atoms with Crippen molar-refractivity contribution in [3.05, 3.63) is 60.3 Å². The van der Waals surface area contributed by atoms with E-state index in [2.05, 4.69) is 22.7 Å². The molecule has 3 N–H and O–H groups in total. The standard InChI is InChI=1S/C21H26N4O4/c1-14(12-20(26)22-15-6-8-16(9-7-15)25(2)3)23-24-21(27)18-11-10-17(28-4)13-19(18)29-5/h6-11,13,23H,1,12H2,2-5H3,(H,22,26)(H,24,27). The van der Waals surface area contributed by atoms with Crippen molar-refractivity contribution in [1.29, 1.82) is 0 Å². The third-order valence-corrected chi connectivity index (χ3v) is 4.05. The molecule has 2 aromatic rings. The molecule has 2 amide bonds. The van der Waals surface area contributed by atoms with Crippen LogP contribution in [0.15, 0.2) is 54.7 Å². The number of carbonyl (C=O) groups excluding carboxylic acids is 2. The molecule has 0 unspecified atom stereocenters. The monoisotopic (exact) mass is 398 g/mol. The fourth-order valence-corrected chi connectivity index (χ4v) is 2.48. The average molecular weight is 398 g/mol. The van der Waals surface area contributed by atoms with E-state index in [1.165, 1.54) is 14.2 Å². The molecule has 0 spiro atoms. The molecule has 29 heavy (non-hydrogen) atoms. The Morgan fingerprint density at radius 2 is 1.69 bits per heavy atom. The zero-order valence-electron chi connectivity index (χ0n) is 17.0. The third kappa shape index (κ3) is 6.17. The molecule has 0 aromatic heterocycles. The molecular weight excluding hydrogens is 372 g/mol. The zero-order valence-corrected chi connectivity index (χ0v) is 17.0.